The van der Waals surface area contributed by atoms with Gasteiger partial charge in [0.1, 0.15) is 0 Å². The van der Waals surface area contributed by atoms with E-state index in [4.69, 9.17) is 5.73 Å². The van der Waals surface area contributed by atoms with Gasteiger partial charge in [0.2, 0.25) is 5.95 Å². The summed E-state index contributed by atoms with van der Waals surface area (Å²) in [4.78, 5) is 22.1. The van der Waals surface area contributed by atoms with Crippen molar-refractivity contribution in [2.45, 2.75) is 19.4 Å². The Morgan fingerprint density at radius 1 is 1.23 bits per heavy atom. The normalized spacial score (nSPS) is 15.1. The average Bonchev–Trinajstić information content (AvgIpc) is 3.04. The number of fused-ring (bicyclic) bond motifs is 2. The van der Waals surface area contributed by atoms with E-state index in [1.54, 1.807) is 6.07 Å². The molecule has 0 radical (unpaired) electrons. The minimum absolute atomic E-state index is 0.00216. The van der Waals surface area contributed by atoms with Crippen LogP contribution in [-0.4, -0.2) is 37.8 Å². The number of nitrogen functional groups attached to an aromatic ring is 1. The molecule has 0 bridgehead atoms. The van der Waals surface area contributed by atoms with Crippen molar-refractivity contribution in [1.29, 1.82) is 0 Å². The van der Waals surface area contributed by atoms with Gasteiger partial charge in [-0.25, -0.2) is 4.98 Å². The second-order valence-electron chi connectivity index (χ2n) is 5.95. The Labute approximate surface area is 145 Å². The van der Waals surface area contributed by atoms with Gasteiger partial charge in [-0.2, -0.15) is 9.50 Å². The van der Waals surface area contributed by atoms with Crippen molar-refractivity contribution in [2.75, 3.05) is 12.8 Å². The summed E-state index contributed by atoms with van der Waals surface area (Å²) in [5.41, 5.74) is 6.45. The van der Waals surface area contributed by atoms with Gasteiger partial charge >= 0.3 is 6.29 Å². The van der Waals surface area contributed by atoms with Crippen LogP contribution < -0.4 is 20.8 Å². The van der Waals surface area contributed by atoms with Crippen LogP contribution in [0.3, 0.4) is 0 Å². The second-order valence-corrected chi connectivity index (χ2v) is 5.95. The van der Waals surface area contributed by atoms with E-state index < -0.39 is 6.29 Å². The van der Waals surface area contributed by atoms with Gasteiger partial charge in [0, 0.05) is 19.2 Å². The molecule has 1 aliphatic heterocycles. The minimum atomic E-state index is -3.64. The number of anilines is 1. The topological polar surface area (TPSA) is 111 Å². The first-order chi connectivity index (χ1) is 12.3. The molecule has 136 valence electrons. The predicted molar refractivity (Wildman–Crippen MR) is 85.8 cm³/mol. The second kappa shape index (κ2) is 5.66. The van der Waals surface area contributed by atoms with Gasteiger partial charge in [-0.15, -0.1) is 8.78 Å². The molecule has 0 aliphatic carbocycles. The highest BCUT2D eigenvalue weighted by molar-refractivity contribution is 5.45. The first-order valence-electron chi connectivity index (χ1n) is 7.60. The fourth-order valence-corrected chi connectivity index (χ4v) is 2.76. The number of nitrogens with zero attached hydrogens (tertiary/aromatic N) is 4. The summed E-state index contributed by atoms with van der Waals surface area (Å²) in [5.74, 6) is 0.268. The van der Waals surface area contributed by atoms with Crippen LogP contribution in [0.5, 0.6) is 11.5 Å². The van der Waals surface area contributed by atoms with Gasteiger partial charge in [-0.05, 0) is 24.7 Å². The zero-order valence-electron chi connectivity index (χ0n) is 13.6. The van der Waals surface area contributed by atoms with Crippen LogP contribution in [0.25, 0.3) is 5.78 Å². The maximum atomic E-state index is 13.1. The lowest BCUT2D eigenvalue weighted by Gasteiger charge is -2.16. The summed E-state index contributed by atoms with van der Waals surface area (Å²) in [6, 6.07) is 5.97. The van der Waals surface area contributed by atoms with Crippen molar-refractivity contribution in [3.63, 3.8) is 0 Å². The number of halogens is 2. The fourth-order valence-electron chi connectivity index (χ4n) is 2.76. The molecule has 0 saturated heterocycles. The molecule has 3 heterocycles. The molecule has 0 amide bonds. The van der Waals surface area contributed by atoms with Gasteiger partial charge in [-0.1, -0.05) is 6.07 Å². The summed E-state index contributed by atoms with van der Waals surface area (Å²) in [5, 5.41) is 2.59. The van der Waals surface area contributed by atoms with Crippen molar-refractivity contribution in [3.8, 4) is 11.5 Å². The zero-order valence-corrected chi connectivity index (χ0v) is 13.6. The van der Waals surface area contributed by atoms with E-state index >= 15 is 0 Å². The summed E-state index contributed by atoms with van der Waals surface area (Å²) in [6.45, 7) is 0.773. The zero-order chi connectivity index (χ0) is 18.5. The van der Waals surface area contributed by atoms with E-state index in [9.17, 15) is 13.6 Å². The molecule has 9 nitrogen and oxygen atoms in total. The lowest BCUT2D eigenvalue weighted by Crippen LogP contribution is -2.25. The molecule has 0 unspecified atom stereocenters. The monoisotopic (exact) mass is 364 g/mol. The third-order valence-corrected chi connectivity index (χ3v) is 3.75. The summed E-state index contributed by atoms with van der Waals surface area (Å²) in [6.07, 6.45) is -3.64. The molecule has 0 atom stereocenters. The van der Waals surface area contributed by atoms with Crippen LogP contribution >= 0.6 is 0 Å². The number of ether oxygens (including phenoxy) is 2. The molecule has 1 aromatic carbocycles. The summed E-state index contributed by atoms with van der Waals surface area (Å²) < 4.78 is 36.1. The molecule has 0 spiro atoms. The summed E-state index contributed by atoms with van der Waals surface area (Å²) in [7, 11) is 1.81. The molecule has 11 heteroatoms. The van der Waals surface area contributed by atoms with Crippen LogP contribution in [0.15, 0.2) is 29.1 Å². The van der Waals surface area contributed by atoms with E-state index in [1.165, 1.54) is 18.2 Å². The minimum Gasteiger partial charge on any atom is -0.395 e. The maximum absolute atomic E-state index is 13.1. The third-order valence-electron chi connectivity index (χ3n) is 3.75. The highest BCUT2D eigenvalue weighted by Crippen LogP contribution is 2.41. The van der Waals surface area contributed by atoms with Gasteiger partial charge < -0.3 is 15.2 Å². The smallest absolute Gasteiger partial charge is 0.395 e. The SMILES string of the molecule is CN(Cc1ccc2c(c1)OC(F)(F)O2)Cc1cc(=O)n2[nH]c(N)nc2n1. The first-order valence-corrected chi connectivity index (χ1v) is 7.60. The van der Waals surface area contributed by atoms with E-state index in [1.807, 2.05) is 11.9 Å². The largest absolute Gasteiger partial charge is 0.586 e. The van der Waals surface area contributed by atoms with Crippen LogP contribution in [0.4, 0.5) is 14.7 Å². The number of hydrogen-bond acceptors (Lipinski definition) is 7. The van der Waals surface area contributed by atoms with Crippen molar-refractivity contribution in [1.82, 2.24) is 24.5 Å². The van der Waals surface area contributed by atoms with E-state index in [2.05, 4.69) is 24.5 Å². The Bertz CT molecular complexity index is 1050. The van der Waals surface area contributed by atoms with Crippen molar-refractivity contribution >= 4 is 11.7 Å². The van der Waals surface area contributed by atoms with Gasteiger partial charge in [0.25, 0.3) is 11.3 Å². The van der Waals surface area contributed by atoms with E-state index in [-0.39, 0.29) is 28.8 Å². The van der Waals surface area contributed by atoms with E-state index in [0.29, 0.717) is 18.8 Å². The first kappa shape index (κ1) is 16.3. The lowest BCUT2D eigenvalue weighted by molar-refractivity contribution is -0.286. The predicted octanol–water partition coefficient (Wildman–Crippen LogP) is 0.953. The van der Waals surface area contributed by atoms with Crippen molar-refractivity contribution in [2.24, 2.45) is 0 Å². The third kappa shape index (κ3) is 3.04. The van der Waals surface area contributed by atoms with Gasteiger partial charge in [0.05, 0.1) is 5.69 Å². The van der Waals surface area contributed by atoms with Gasteiger partial charge in [-0.3, -0.25) is 14.8 Å². The standard InChI is InChI=1S/C15H14F2N6O3/c1-22(6-8-2-3-10-11(4-8)26-15(16,17)25-10)7-9-5-12(24)23-14(19-9)20-13(18)21-23/h2-5H,6-7H2,1H3,(H3,18,19,20,21). The number of nitrogens with one attached hydrogen (secondary N) is 1. The number of alkyl halides is 2. The van der Waals surface area contributed by atoms with Crippen LogP contribution in [0.2, 0.25) is 0 Å². The Morgan fingerprint density at radius 3 is 2.81 bits per heavy atom. The quantitative estimate of drug-likeness (QED) is 0.709. The van der Waals surface area contributed by atoms with Crippen LogP contribution in [-0.2, 0) is 13.1 Å². The Hall–Kier alpha value is -3.21. The summed E-state index contributed by atoms with van der Waals surface area (Å²) >= 11 is 0. The molecular formula is C15H14F2N6O3. The van der Waals surface area contributed by atoms with Crippen LogP contribution in [0, 0.1) is 0 Å². The number of nitrogens with two attached hydrogens (primary N) is 1. The molecule has 2 aromatic heterocycles. The van der Waals surface area contributed by atoms with E-state index in [0.717, 1.165) is 10.1 Å². The molecular weight excluding hydrogens is 350 g/mol. The molecule has 1 aliphatic rings. The molecule has 3 N–H and O–H groups in total. The number of hydrogen-bond donors (Lipinski definition) is 2. The lowest BCUT2D eigenvalue weighted by atomic mass is 10.2. The molecule has 0 saturated carbocycles. The number of H-pyrrole nitrogens is 1. The Balaban J connectivity index is 1.50. The highest BCUT2D eigenvalue weighted by atomic mass is 19.3. The number of aromatic amines is 1. The molecule has 4 rings (SSSR count). The average molecular weight is 364 g/mol. The van der Waals surface area contributed by atoms with Crippen LogP contribution in [0.1, 0.15) is 11.3 Å². The maximum Gasteiger partial charge on any atom is 0.586 e. The van der Waals surface area contributed by atoms with Crippen molar-refractivity contribution < 1.29 is 18.3 Å². The molecule has 26 heavy (non-hydrogen) atoms. The molecule has 0 fully saturated rings. The van der Waals surface area contributed by atoms with Crippen molar-refractivity contribution in [3.05, 3.63) is 45.9 Å². The fraction of sp³-hybridized carbons (Fsp3) is 0.267. The Morgan fingerprint density at radius 2 is 2.00 bits per heavy atom. The number of rotatable bonds is 4. The Kier molecular flexibility index (Phi) is 3.54. The molecule has 3 aromatic rings. The van der Waals surface area contributed by atoms with Gasteiger partial charge in [0.15, 0.2) is 11.5 Å². The number of aromatic nitrogens is 4. The number of benzene rings is 1. The highest BCUT2D eigenvalue weighted by Gasteiger charge is 2.43.